The summed E-state index contributed by atoms with van der Waals surface area (Å²) in [6.07, 6.45) is 0.621. The second kappa shape index (κ2) is 28.4. The number of rotatable bonds is 9. The molecule has 1 saturated heterocycles. The van der Waals surface area contributed by atoms with Crippen LogP contribution in [0.2, 0.25) is 0 Å². The fraction of sp³-hybridized carbons (Fsp3) is 0.167. The number of nitro groups is 2. The molecular formula is C54H46BrN5O20. The molecule has 4 heterocycles. The van der Waals surface area contributed by atoms with Gasteiger partial charge in [0.1, 0.15) is 12.6 Å². The lowest BCUT2D eigenvalue weighted by molar-refractivity contribution is -0.385. The first-order chi connectivity index (χ1) is 38.2. The molecule has 6 aromatic carbocycles. The Labute approximate surface area is 460 Å². The number of nitrogens with one attached hydrogen (secondary N) is 1. The minimum atomic E-state index is -1.29. The van der Waals surface area contributed by atoms with Crippen molar-refractivity contribution in [2.75, 3.05) is 12.8 Å². The number of methoxy groups -OCH3 is 1. The average molecular weight is 1160 g/mol. The number of amides is 3. The Hall–Kier alpha value is -10.1. The van der Waals surface area contributed by atoms with E-state index in [9.17, 15) is 63.4 Å². The molecule has 26 heteroatoms. The van der Waals surface area contributed by atoms with Gasteiger partial charge in [-0.3, -0.25) is 39.9 Å². The molecule has 3 amide bonds. The molecule has 0 aromatic heterocycles. The summed E-state index contributed by atoms with van der Waals surface area (Å²) in [5.41, 5.74) is 10.4. The van der Waals surface area contributed by atoms with Crippen LogP contribution in [0, 0.1) is 20.2 Å². The van der Waals surface area contributed by atoms with Crippen LogP contribution in [0.5, 0.6) is 0 Å². The number of aliphatic hydroxyl groups excluding tert-OH is 2. The lowest BCUT2D eigenvalue weighted by atomic mass is 10.0. The monoisotopic (exact) mass is 1160 g/mol. The minimum absolute atomic E-state index is 0.0882. The summed E-state index contributed by atoms with van der Waals surface area (Å²) in [6, 6.07) is 32.8. The van der Waals surface area contributed by atoms with Crippen LogP contribution in [-0.4, -0.2) is 102 Å². The molecule has 4 aliphatic heterocycles. The van der Waals surface area contributed by atoms with Crippen LogP contribution in [0.25, 0.3) is 0 Å². The summed E-state index contributed by atoms with van der Waals surface area (Å²) in [5, 5.41) is 58.4. The number of imide groups is 1. The van der Waals surface area contributed by atoms with Crippen molar-refractivity contribution in [1.29, 1.82) is 0 Å². The summed E-state index contributed by atoms with van der Waals surface area (Å²) >= 11 is 3.11. The summed E-state index contributed by atoms with van der Waals surface area (Å²) in [5.74, 6) is -5.06. The maximum atomic E-state index is 12.3. The van der Waals surface area contributed by atoms with E-state index in [1.54, 1.807) is 66.7 Å². The molecule has 1 unspecified atom stereocenters. The standard InChI is InChI=1S/C13H13N3O3.C9H8BrNO4.C8H7NO5.C8H4O3.C8H8O3.C8H6O2/c14-9-3-1-2-7-8(9)6-16(13(7)19)10-4-5-11(17)15-12(10)18;1-15-9(12)6-3-2-4-8(11(13)14)7(6)5-10;10-4-6-5(8(11)12)2-1-3-7(6)9(13)14;9-7-5-3-1-2-4-6(5)8(10)11-7;9-5-6-3-1-2-4-7(6)8(10)11;9-8-7-4-2-1-3-6(7)5-10-8/h1-3,10H,4-6,14H2,(H,15,17,18);2-4H,5H2,1H3;1-3,10H,4H2,(H,11,12);1-4H;1-4,9H,5H2,(H,10,11);1-4H,5H2. The van der Waals surface area contributed by atoms with Gasteiger partial charge in [0.2, 0.25) is 11.8 Å². The number of piperidine rings is 1. The minimum Gasteiger partial charge on any atom is -0.478 e. The normalized spacial score (nSPS) is 14.0. The molecule has 0 radical (unpaired) electrons. The fourth-order valence-corrected chi connectivity index (χ4v) is 8.46. The van der Waals surface area contributed by atoms with E-state index in [0.29, 0.717) is 58.6 Å². The number of carbonyl (C=O) groups is 9. The van der Waals surface area contributed by atoms with Gasteiger partial charge >= 0.3 is 35.8 Å². The molecule has 4 aliphatic rings. The van der Waals surface area contributed by atoms with Crippen molar-refractivity contribution in [3.05, 3.63) is 214 Å². The highest BCUT2D eigenvalue weighted by atomic mass is 79.9. The summed E-state index contributed by atoms with van der Waals surface area (Å²) in [7, 11) is 1.24. The highest BCUT2D eigenvalue weighted by Gasteiger charge is 2.39. The number of carbonyl (C=O) groups excluding carboxylic acids is 7. The number of ether oxygens (including phenoxy) is 3. The van der Waals surface area contributed by atoms with E-state index in [0.717, 1.165) is 17.2 Å². The number of nitrogen functional groups attached to an aromatic ring is 1. The molecule has 10 rings (SSSR count). The molecule has 0 spiro atoms. The lowest BCUT2D eigenvalue weighted by Crippen LogP contribution is -2.52. The van der Waals surface area contributed by atoms with Crippen molar-refractivity contribution in [2.24, 2.45) is 0 Å². The van der Waals surface area contributed by atoms with Crippen molar-refractivity contribution in [3.8, 4) is 0 Å². The van der Waals surface area contributed by atoms with E-state index in [-0.39, 0.29) is 69.8 Å². The Kier molecular flexibility index (Phi) is 21.6. The van der Waals surface area contributed by atoms with Crippen molar-refractivity contribution >= 4 is 86.5 Å². The molecule has 0 bridgehead atoms. The number of aromatic carboxylic acids is 2. The van der Waals surface area contributed by atoms with Gasteiger partial charge in [0.25, 0.3) is 17.3 Å². The maximum Gasteiger partial charge on any atom is 0.346 e. The number of carboxylic acid groups (broad SMARTS) is 2. The molecule has 7 N–H and O–H groups in total. The van der Waals surface area contributed by atoms with E-state index in [1.807, 2.05) is 18.2 Å². The van der Waals surface area contributed by atoms with Gasteiger partial charge in [-0.1, -0.05) is 82.7 Å². The van der Waals surface area contributed by atoms with Crippen molar-refractivity contribution in [3.63, 3.8) is 0 Å². The van der Waals surface area contributed by atoms with Crippen LogP contribution in [-0.2, 0) is 55.5 Å². The number of hydrogen-bond acceptors (Lipinski definition) is 19. The van der Waals surface area contributed by atoms with E-state index in [1.165, 1.54) is 48.4 Å². The summed E-state index contributed by atoms with van der Waals surface area (Å²) in [6.45, 7) is -0.136. The first kappa shape index (κ1) is 60.8. The van der Waals surface area contributed by atoms with Gasteiger partial charge in [0.15, 0.2) is 0 Å². The van der Waals surface area contributed by atoms with Crippen LogP contribution >= 0.6 is 15.9 Å². The van der Waals surface area contributed by atoms with Crippen LogP contribution in [0.15, 0.2) is 127 Å². The van der Waals surface area contributed by atoms with Gasteiger partial charge < -0.3 is 45.3 Å². The number of nitro benzene ring substituents is 2. The van der Waals surface area contributed by atoms with Gasteiger partial charge in [-0.25, -0.2) is 28.8 Å². The molecule has 25 nitrogen and oxygen atoms in total. The zero-order valence-electron chi connectivity index (χ0n) is 41.8. The first-order valence-electron chi connectivity index (χ1n) is 23.2. The smallest absolute Gasteiger partial charge is 0.346 e. The van der Waals surface area contributed by atoms with Gasteiger partial charge in [-0.05, 0) is 60.5 Å². The van der Waals surface area contributed by atoms with Gasteiger partial charge in [0.05, 0.1) is 74.7 Å². The Bertz CT molecular complexity index is 3360. The Morgan fingerprint density at radius 3 is 1.73 bits per heavy atom. The Balaban J connectivity index is 0.000000179. The first-order valence-corrected chi connectivity index (χ1v) is 24.4. The third kappa shape index (κ3) is 14.9. The molecule has 414 valence electrons. The Morgan fingerprint density at radius 1 is 0.688 bits per heavy atom. The van der Waals surface area contributed by atoms with Crippen LogP contribution in [0.4, 0.5) is 17.1 Å². The lowest BCUT2D eigenvalue weighted by Gasteiger charge is -2.29. The molecule has 6 aromatic rings. The van der Waals surface area contributed by atoms with Crippen LogP contribution in [0.3, 0.4) is 0 Å². The molecule has 80 heavy (non-hydrogen) atoms. The highest BCUT2D eigenvalue weighted by Crippen LogP contribution is 2.31. The molecule has 1 fully saturated rings. The molecule has 1 atom stereocenters. The molecular weight excluding hydrogens is 1120 g/mol. The molecule has 0 aliphatic carbocycles. The molecule has 0 saturated carbocycles. The quantitative estimate of drug-likeness (QED) is 0.0135. The highest BCUT2D eigenvalue weighted by molar-refractivity contribution is 9.08. The van der Waals surface area contributed by atoms with Crippen LogP contribution < -0.4 is 11.1 Å². The second-order valence-electron chi connectivity index (χ2n) is 16.6. The number of cyclic esters (lactones) is 3. The van der Waals surface area contributed by atoms with Gasteiger partial charge in [-0.15, -0.1) is 0 Å². The summed E-state index contributed by atoms with van der Waals surface area (Å²) < 4.78 is 13.7. The van der Waals surface area contributed by atoms with Crippen molar-refractivity contribution < 1.29 is 87.6 Å². The fourth-order valence-electron chi connectivity index (χ4n) is 7.88. The number of esters is 4. The number of halogens is 1. The number of fused-ring (bicyclic) bond motifs is 3. The van der Waals surface area contributed by atoms with E-state index in [4.69, 9.17) is 30.9 Å². The van der Waals surface area contributed by atoms with Crippen molar-refractivity contribution in [1.82, 2.24) is 10.2 Å². The second-order valence-corrected chi connectivity index (χ2v) is 17.1. The number of carboxylic acids is 2. The van der Waals surface area contributed by atoms with E-state index >= 15 is 0 Å². The predicted molar refractivity (Wildman–Crippen MR) is 281 cm³/mol. The van der Waals surface area contributed by atoms with Crippen molar-refractivity contribution in [2.45, 2.75) is 50.6 Å². The number of anilines is 1. The number of aliphatic hydroxyl groups is 2. The van der Waals surface area contributed by atoms with E-state index < -0.39 is 58.2 Å². The zero-order chi connectivity index (χ0) is 58.8. The SMILES string of the molecule is COC(=O)c1cccc([N+](=O)[O-])c1CBr.Nc1cccc2c1CN(C1CCC(=O)NC1=O)C2=O.O=C(O)c1cccc([N+](=O)[O-])c1CO.O=C(O)c1ccccc1CO.O=C1OC(=O)c2ccccc21.O=C1OCc2ccccc21. The number of nitrogens with zero attached hydrogens (tertiary/aromatic N) is 3. The number of alkyl halides is 1. The zero-order valence-corrected chi connectivity index (χ0v) is 43.4. The Morgan fingerprint density at radius 2 is 1.21 bits per heavy atom. The largest absolute Gasteiger partial charge is 0.478 e. The maximum absolute atomic E-state index is 12.3. The topological polar surface area (TPSA) is 390 Å². The van der Waals surface area contributed by atoms with Gasteiger partial charge in [-0.2, -0.15) is 0 Å². The van der Waals surface area contributed by atoms with Crippen LogP contribution in [0.1, 0.15) is 113 Å². The van der Waals surface area contributed by atoms with E-state index in [2.05, 4.69) is 30.7 Å². The third-order valence-corrected chi connectivity index (χ3v) is 12.4. The third-order valence-electron chi connectivity index (χ3n) is 11.8. The number of benzene rings is 6. The predicted octanol–water partition coefficient (Wildman–Crippen LogP) is 6.32. The average Bonchev–Trinajstić information content (AvgIpc) is 4.20. The summed E-state index contributed by atoms with van der Waals surface area (Å²) in [4.78, 5) is 122. The number of nitrogens with two attached hydrogens (primary N) is 1. The van der Waals surface area contributed by atoms with Gasteiger partial charge in [0, 0.05) is 52.8 Å². The number of hydrogen-bond donors (Lipinski definition) is 6.